The molecule has 3 nitrogen and oxygen atoms in total. The van der Waals surface area contributed by atoms with E-state index >= 15 is 0 Å². The second-order valence-corrected chi connectivity index (χ2v) is 4.61. The van der Waals surface area contributed by atoms with E-state index in [0.29, 0.717) is 30.1 Å². The Morgan fingerprint density at radius 1 is 1.53 bits per heavy atom. The summed E-state index contributed by atoms with van der Waals surface area (Å²) in [5.74, 6) is 0.261. The standard InChI is InChI=1S/C12H14ClFN2O/c13-5-8-4-12(17)16(6-8)7-9-10(14)2-1-3-11(9)15/h1-3,8H,4-7,15H2. The first kappa shape index (κ1) is 12.2. The summed E-state index contributed by atoms with van der Waals surface area (Å²) in [5, 5.41) is 0. The van der Waals surface area contributed by atoms with Crippen molar-refractivity contribution in [2.75, 3.05) is 18.2 Å². The predicted molar refractivity (Wildman–Crippen MR) is 65.1 cm³/mol. The summed E-state index contributed by atoms with van der Waals surface area (Å²) in [7, 11) is 0. The minimum absolute atomic E-state index is 0.0123. The third kappa shape index (κ3) is 2.52. The van der Waals surface area contributed by atoms with Crippen LogP contribution in [-0.2, 0) is 11.3 Å². The minimum atomic E-state index is -0.368. The summed E-state index contributed by atoms with van der Waals surface area (Å²) < 4.78 is 13.6. The number of carbonyl (C=O) groups excluding carboxylic acids is 1. The van der Waals surface area contributed by atoms with Gasteiger partial charge in [0.2, 0.25) is 5.91 Å². The lowest BCUT2D eigenvalue weighted by Gasteiger charge is -2.18. The van der Waals surface area contributed by atoms with Gasteiger partial charge in [0.05, 0.1) is 6.54 Å². The van der Waals surface area contributed by atoms with Crippen LogP contribution in [0.25, 0.3) is 0 Å². The Kier molecular flexibility index (Phi) is 3.52. The number of nitrogen functional groups attached to an aromatic ring is 1. The van der Waals surface area contributed by atoms with Crippen molar-refractivity contribution in [2.24, 2.45) is 5.92 Å². The first-order chi connectivity index (χ1) is 8.11. The smallest absolute Gasteiger partial charge is 0.223 e. The molecule has 1 aliphatic heterocycles. The van der Waals surface area contributed by atoms with Gasteiger partial charge in [0.25, 0.3) is 0 Å². The molecule has 0 radical (unpaired) electrons. The Labute approximate surface area is 104 Å². The number of carbonyl (C=O) groups is 1. The average Bonchev–Trinajstić information content (AvgIpc) is 2.65. The van der Waals surface area contributed by atoms with Crippen LogP contribution in [0.1, 0.15) is 12.0 Å². The van der Waals surface area contributed by atoms with E-state index in [4.69, 9.17) is 17.3 Å². The molecule has 0 aromatic heterocycles. The lowest BCUT2D eigenvalue weighted by atomic mass is 10.1. The maximum Gasteiger partial charge on any atom is 0.223 e. The van der Waals surface area contributed by atoms with Crippen LogP contribution in [0.3, 0.4) is 0 Å². The summed E-state index contributed by atoms with van der Waals surface area (Å²) >= 11 is 5.73. The lowest BCUT2D eigenvalue weighted by Crippen LogP contribution is -2.25. The van der Waals surface area contributed by atoms with E-state index in [9.17, 15) is 9.18 Å². The number of halogens is 2. The molecule has 1 unspecified atom stereocenters. The molecule has 1 amide bonds. The molecule has 1 saturated heterocycles. The monoisotopic (exact) mass is 256 g/mol. The number of nitrogens with zero attached hydrogens (tertiary/aromatic N) is 1. The molecule has 1 fully saturated rings. The van der Waals surface area contributed by atoms with Crippen molar-refractivity contribution in [3.63, 3.8) is 0 Å². The van der Waals surface area contributed by atoms with Crippen LogP contribution in [-0.4, -0.2) is 23.2 Å². The number of likely N-dealkylation sites (tertiary alicyclic amines) is 1. The molecule has 0 spiro atoms. The molecule has 1 aliphatic rings. The van der Waals surface area contributed by atoms with Crippen LogP contribution in [0.4, 0.5) is 10.1 Å². The molecule has 0 bridgehead atoms. The van der Waals surface area contributed by atoms with Crippen LogP contribution in [0.5, 0.6) is 0 Å². The number of nitrogens with two attached hydrogens (primary N) is 1. The van der Waals surface area contributed by atoms with E-state index < -0.39 is 0 Å². The molecule has 1 heterocycles. The normalized spacial score (nSPS) is 20.0. The summed E-state index contributed by atoms with van der Waals surface area (Å²) in [6, 6.07) is 4.55. The Hall–Kier alpha value is -1.29. The summed E-state index contributed by atoms with van der Waals surface area (Å²) in [6.07, 6.45) is 0.442. The summed E-state index contributed by atoms with van der Waals surface area (Å²) in [5.41, 5.74) is 6.47. The molecule has 92 valence electrons. The fourth-order valence-electron chi connectivity index (χ4n) is 2.04. The quantitative estimate of drug-likeness (QED) is 0.664. The SMILES string of the molecule is Nc1cccc(F)c1CN1CC(CCl)CC1=O. The van der Waals surface area contributed by atoms with Gasteiger partial charge < -0.3 is 10.6 Å². The van der Waals surface area contributed by atoms with Crippen molar-refractivity contribution >= 4 is 23.2 Å². The van der Waals surface area contributed by atoms with Crippen LogP contribution in [0.2, 0.25) is 0 Å². The zero-order valence-corrected chi connectivity index (χ0v) is 10.1. The number of amides is 1. The average molecular weight is 257 g/mol. The van der Waals surface area contributed by atoms with E-state index in [-0.39, 0.29) is 24.2 Å². The molecule has 2 N–H and O–H groups in total. The van der Waals surface area contributed by atoms with E-state index in [0.717, 1.165) is 0 Å². The Bertz CT molecular complexity index is 418. The zero-order valence-electron chi connectivity index (χ0n) is 9.33. The second-order valence-electron chi connectivity index (χ2n) is 4.31. The van der Waals surface area contributed by atoms with Gasteiger partial charge in [0.1, 0.15) is 5.82 Å². The van der Waals surface area contributed by atoms with Gasteiger partial charge in [-0.1, -0.05) is 6.07 Å². The predicted octanol–water partition coefficient (Wildman–Crippen LogP) is 2.00. The van der Waals surface area contributed by atoms with Crippen LogP contribution in [0.15, 0.2) is 18.2 Å². The number of alkyl halides is 1. The van der Waals surface area contributed by atoms with Crippen LogP contribution < -0.4 is 5.73 Å². The molecule has 0 saturated carbocycles. The number of rotatable bonds is 3. The van der Waals surface area contributed by atoms with Crippen molar-refractivity contribution in [2.45, 2.75) is 13.0 Å². The third-order valence-corrected chi connectivity index (χ3v) is 3.45. The van der Waals surface area contributed by atoms with Crippen molar-refractivity contribution in [1.82, 2.24) is 4.90 Å². The maximum atomic E-state index is 13.6. The maximum absolute atomic E-state index is 13.6. The fourth-order valence-corrected chi connectivity index (χ4v) is 2.25. The summed E-state index contributed by atoms with van der Waals surface area (Å²) in [6.45, 7) is 0.806. The molecule has 0 aliphatic carbocycles. The highest BCUT2D eigenvalue weighted by Crippen LogP contribution is 2.24. The molecule has 17 heavy (non-hydrogen) atoms. The second kappa shape index (κ2) is 4.92. The van der Waals surface area contributed by atoms with Crippen molar-refractivity contribution < 1.29 is 9.18 Å². The van der Waals surface area contributed by atoms with Gasteiger partial charge in [-0.15, -0.1) is 11.6 Å². The number of hydrogen-bond acceptors (Lipinski definition) is 2. The van der Waals surface area contributed by atoms with Gasteiger partial charge in [-0.25, -0.2) is 4.39 Å². The molecule has 1 aromatic carbocycles. The Morgan fingerprint density at radius 3 is 2.88 bits per heavy atom. The molecule has 1 atom stereocenters. The number of hydrogen-bond donors (Lipinski definition) is 1. The minimum Gasteiger partial charge on any atom is -0.398 e. The Morgan fingerprint density at radius 2 is 2.29 bits per heavy atom. The van der Waals surface area contributed by atoms with Crippen LogP contribution in [0, 0.1) is 11.7 Å². The van der Waals surface area contributed by atoms with Gasteiger partial charge in [-0.2, -0.15) is 0 Å². The Balaban J connectivity index is 2.14. The molecule has 2 rings (SSSR count). The van der Waals surface area contributed by atoms with Crippen LogP contribution >= 0.6 is 11.6 Å². The van der Waals surface area contributed by atoms with E-state index in [2.05, 4.69) is 0 Å². The lowest BCUT2D eigenvalue weighted by molar-refractivity contribution is -0.128. The number of anilines is 1. The first-order valence-corrected chi connectivity index (χ1v) is 6.02. The van der Waals surface area contributed by atoms with Gasteiger partial charge in [0, 0.05) is 30.1 Å². The summed E-state index contributed by atoms with van der Waals surface area (Å²) in [4.78, 5) is 13.3. The highest BCUT2D eigenvalue weighted by Gasteiger charge is 2.29. The third-order valence-electron chi connectivity index (χ3n) is 3.02. The van der Waals surface area contributed by atoms with Gasteiger partial charge in [-0.3, -0.25) is 4.79 Å². The topological polar surface area (TPSA) is 46.3 Å². The largest absolute Gasteiger partial charge is 0.398 e. The number of benzene rings is 1. The van der Waals surface area contributed by atoms with Crippen molar-refractivity contribution in [3.05, 3.63) is 29.6 Å². The molecular formula is C12H14ClFN2O. The van der Waals surface area contributed by atoms with Crippen molar-refractivity contribution in [1.29, 1.82) is 0 Å². The van der Waals surface area contributed by atoms with E-state index in [1.54, 1.807) is 17.0 Å². The van der Waals surface area contributed by atoms with Gasteiger partial charge >= 0.3 is 0 Å². The van der Waals surface area contributed by atoms with E-state index in [1.807, 2.05) is 0 Å². The molecule has 5 heteroatoms. The van der Waals surface area contributed by atoms with Crippen molar-refractivity contribution in [3.8, 4) is 0 Å². The first-order valence-electron chi connectivity index (χ1n) is 5.48. The highest BCUT2D eigenvalue weighted by atomic mass is 35.5. The highest BCUT2D eigenvalue weighted by molar-refractivity contribution is 6.18. The molecular weight excluding hydrogens is 243 g/mol. The fraction of sp³-hybridized carbons (Fsp3) is 0.417. The van der Waals surface area contributed by atoms with Gasteiger partial charge in [0.15, 0.2) is 0 Å². The zero-order chi connectivity index (χ0) is 12.4. The van der Waals surface area contributed by atoms with E-state index in [1.165, 1.54) is 6.07 Å². The molecule has 1 aromatic rings. The van der Waals surface area contributed by atoms with Gasteiger partial charge in [-0.05, 0) is 18.1 Å².